The number of esters is 1. The van der Waals surface area contributed by atoms with E-state index in [0.717, 1.165) is 5.56 Å². The normalized spacial score (nSPS) is 26.4. The van der Waals surface area contributed by atoms with E-state index in [-0.39, 0.29) is 24.7 Å². The highest BCUT2D eigenvalue weighted by molar-refractivity contribution is 5.76. The van der Waals surface area contributed by atoms with E-state index >= 15 is 0 Å². The summed E-state index contributed by atoms with van der Waals surface area (Å²) in [5.74, 6) is 0.790. The second-order valence-corrected chi connectivity index (χ2v) is 5.03. The molecule has 0 spiro atoms. The van der Waals surface area contributed by atoms with Gasteiger partial charge in [0.2, 0.25) is 6.79 Å². The predicted octanol–water partition coefficient (Wildman–Crippen LogP) is 1.52. The third-order valence-electron chi connectivity index (χ3n) is 3.77. The minimum Gasteiger partial charge on any atom is -0.465 e. The van der Waals surface area contributed by atoms with Gasteiger partial charge in [0, 0.05) is 6.04 Å². The van der Waals surface area contributed by atoms with Crippen LogP contribution in [0.4, 0.5) is 0 Å². The Morgan fingerprint density at radius 1 is 1.48 bits per heavy atom. The number of carbonyl (C=O) groups is 1. The van der Waals surface area contributed by atoms with Gasteiger partial charge in [-0.1, -0.05) is 6.07 Å². The molecule has 3 rings (SSSR count). The maximum absolute atomic E-state index is 11.8. The first-order valence-electron chi connectivity index (χ1n) is 6.94. The van der Waals surface area contributed by atoms with Gasteiger partial charge in [0.05, 0.1) is 18.6 Å². The van der Waals surface area contributed by atoms with Gasteiger partial charge in [-0.15, -0.1) is 0 Å². The Morgan fingerprint density at radius 2 is 2.29 bits per heavy atom. The van der Waals surface area contributed by atoms with Gasteiger partial charge < -0.3 is 14.2 Å². The summed E-state index contributed by atoms with van der Waals surface area (Å²) in [4.78, 5) is 11.8. The highest BCUT2D eigenvalue weighted by Crippen LogP contribution is 2.38. The molecule has 21 heavy (non-hydrogen) atoms. The molecule has 0 saturated carbocycles. The quantitative estimate of drug-likeness (QED) is 0.849. The van der Waals surface area contributed by atoms with E-state index in [1.165, 1.54) is 0 Å². The average molecular weight is 288 g/mol. The van der Waals surface area contributed by atoms with Crippen molar-refractivity contribution in [2.45, 2.75) is 25.4 Å². The van der Waals surface area contributed by atoms with Crippen molar-refractivity contribution in [3.05, 3.63) is 23.8 Å². The van der Waals surface area contributed by atoms with Crippen molar-refractivity contribution >= 4 is 5.97 Å². The van der Waals surface area contributed by atoms with Crippen LogP contribution in [0.3, 0.4) is 0 Å². The molecule has 2 unspecified atom stereocenters. The molecule has 0 radical (unpaired) electrons. The lowest BCUT2D eigenvalue weighted by Crippen LogP contribution is -2.33. The Bertz CT molecular complexity index is 596. The van der Waals surface area contributed by atoms with E-state index < -0.39 is 6.04 Å². The van der Waals surface area contributed by atoms with E-state index in [2.05, 4.69) is 11.4 Å². The van der Waals surface area contributed by atoms with Crippen molar-refractivity contribution in [2.24, 2.45) is 5.92 Å². The van der Waals surface area contributed by atoms with Crippen LogP contribution in [0.1, 0.15) is 24.9 Å². The van der Waals surface area contributed by atoms with Crippen LogP contribution in [-0.4, -0.2) is 25.4 Å². The number of benzene rings is 1. The van der Waals surface area contributed by atoms with Crippen LogP contribution in [0.15, 0.2) is 18.2 Å². The molecule has 0 aliphatic carbocycles. The van der Waals surface area contributed by atoms with Gasteiger partial charge in [-0.2, -0.15) is 5.26 Å². The number of rotatable bonds is 3. The zero-order valence-corrected chi connectivity index (χ0v) is 11.7. The van der Waals surface area contributed by atoms with Crippen molar-refractivity contribution in [2.75, 3.05) is 13.4 Å². The molecule has 3 atom stereocenters. The third kappa shape index (κ3) is 2.52. The van der Waals surface area contributed by atoms with Crippen molar-refractivity contribution < 1.29 is 19.0 Å². The van der Waals surface area contributed by atoms with Gasteiger partial charge in [-0.25, -0.2) is 0 Å². The summed E-state index contributed by atoms with van der Waals surface area (Å²) < 4.78 is 15.7. The second kappa shape index (κ2) is 5.62. The van der Waals surface area contributed by atoms with E-state index in [9.17, 15) is 10.1 Å². The minimum atomic E-state index is -0.440. The molecule has 1 N–H and O–H groups in total. The molecular formula is C15H16N2O4. The molecule has 2 aliphatic heterocycles. The number of hydrogen-bond donors (Lipinski definition) is 1. The van der Waals surface area contributed by atoms with E-state index in [0.29, 0.717) is 24.5 Å². The summed E-state index contributed by atoms with van der Waals surface area (Å²) in [6.45, 7) is 2.32. The van der Waals surface area contributed by atoms with Crippen molar-refractivity contribution in [3.63, 3.8) is 0 Å². The summed E-state index contributed by atoms with van der Waals surface area (Å²) in [5.41, 5.74) is 0.914. The third-order valence-corrected chi connectivity index (χ3v) is 3.77. The summed E-state index contributed by atoms with van der Waals surface area (Å²) in [6, 6.07) is 7.19. The van der Waals surface area contributed by atoms with Crippen LogP contribution in [0.25, 0.3) is 0 Å². The topological polar surface area (TPSA) is 80.6 Å². The fourth-order valence-electron chi connectivity index (χ4n) is 2.76. The number of nitrogens with zero attached hydrogens (tertiary/aromatic N) is 1. The summed E-state index contributed by atoms with van der Waals surface area (Å²) in [5, 5.41) is 12.5. The lowest BCUT2D eigenvalue weighted by molar-refractivity contribution is -0.145. The zero-order valence-electron chi connectivity index (χ0n) is 11.7. The highest BCUT2D eigenvalue weighted by atomic mass is 16.7. The SMILES string of the molecule is CCOC(=O)C1CC(C#N)[C@H](c2ccc3c(c2)OCO3)N1. The van der Waals surface area contributed by atoms with Gasteiger partial charge in [0.15, 0.2) is 11.5 Å². The number of nitriles is 1. The van der Waals surface area contributed by atoms with E-state index in [1.54, 1.807) is 6.92 Å². The first-order valence-corrected chi connectivity index (χ1v) is 6.94. The first kappa shape index (κ1) is 13.7. The molecule has 2 aliphatic rings. The molecule has 110 valence electrons. The Labute approximate surface area is 122 Å². The van der Waals surface area contributed by atoms with Crippen LogP contribution in [0.5, 0.6) is 11.5 Å². The Hall–Kier alpha value is -2.26. The van der Waals surface area contributed by atoms with Gasteiger partial charge in [0.1, 0.15) is 6.04 Å². The molecule has 6 heteroatoms. The van der Waals surface area contributed by atoms with E-state index in [1.807, 2.05) is 18.2 Å². The van der Waals surface area contributed by atoms with Gasteiger partial charge in [-0.05, 0) is 31.0 Å². The zero-order chi connectivity index (χ0) is 14.8. The fourth-order valence-corrected chi connectivity index (χ4v) is 2.76. The summed E-state index contributed by atoms with van der Waals surface area (Å²) in [7, 11) is 0. The maximum atomic E-state index is 11.8. The lowest BCUT2D eigenvalue weighted by atomic mass is 9.94. The minimum absolute atomic E-state index is 0.209. The Kier molecular flexibility index (Phi) is 3.67. The molecule has 1 aromatic carbocycles. The smallest absolute Gasteiger partial charge is 0.323 e. The van der Waals surface area contributed by atoms with Crippen LogP contribution >= 0.6 is 0 Å². The van der Waals surface area contributed by atoms with Crippen molar-refractivity contribution in [1.29, 1.82) is 5.26 Å². The molecule has 6 nitrogen and oxygen atoms in total. The molecule has 1 aromatic rings. The van der Waals surface area contributed by atoms with Crippen molar-refractivity contribution in [1.82, 2.24) is 5.32 Å². The maximum Gasteiger partial charge on any atom is 0.323 e. The second-order valence-electron chi connectivity index (χ2n) is 5.03. The van der Waals surface area contributed by atoms with Crippen molar-refractivity contribution in [3.8, 4) is 17.6 Å². The Morgan fingerprint density at radius 3 is 3.05 bits per heavy atom. The van der Waals surface area contributed by atoms with Crippen LogP contribution in [-0.2, 0) is 9.53 Å². The lowest BCUT2D eigenvalue weighted by Gasteiger charge is -2.15. The molecule has 0 aromatic heterocycles. The van der Waals surface area contributed by atoms with Crippen LogP contribution < -0.4 is 14.8 Å². The highest BCUT2D eigenvalue weighted by Gasteiger charge is 2.39. The predicted molar refractivity (Wildman–Crippen MR) is 72.6 cm³/mol. The van der Waals surface area contributed by atoms with Gasteiger partial charge in [0.25, 0.3) is 0 Å². The van der Waals surface area contributed by atoms with Gasteiger partial charge >= 0.3 is 5.97 Å². The Balaban J connectivity index is 1.81. The molecule has 0 amide bonds. The summed E-state index contributed by atoms with van der Waals surface area (Å²) in [6.07, 6.45) is 0.453. The molecular weight excluding hydrogens is 272 g/mol. The number of fused-ring (bicyclic) bond motifs is 1. The monoisotopic (exact) mass is 288 g/mol. The van der Waals surface area contributed by atoms with E-state index in [4.69, 9.17) is 14.2 Å². The fraction of sp³-hybridized carbons (Fsp3) is 0.467. The molecule has 1 fully saturated rings. The van der Waals surface area contributed by atoms with Gasteiger partial charge in [-0.3, -0.25) is 10.1 Å². The largest absolute Gasteiger partial charge is 0.465 e. The number of hydrogen-bond acceptors (Lipinski definition) is 6. The van der Waals surface area contributed by atoms with Crippen LogP contribution in [0, 0.1) is 17.2 Å². The number of nitrogens with one attached hydrogen (secondary N) is 1. The number of ether oxygens (including phenoxy) is 3. The standard InChI is InChI=1S/C15H16N2O4/c1-2-19-15(18)11-5-10(7-16)14(17-11)9-3-4-12-13(6-9)21-8-20-12/h3-4,6,10-11,14,17H,2,5,8H2,1H3/t10?,11?,14-/m0/s1. The number of carbonyl (C=O) groups excluding carboxylic acids is 1. The molecule has 1 saturated heterocycles. The summed E-state index contributed by atoms with van der Waals surface area (Å²) >= 11 is 0. The van der Waals surface area contributed by atoms with Crippen LogP contribution in [0.2, 0.25) is 0 Å². The average Bonchev–Trinajstić information content (AvgIpc) is 3.13. The molecule has 0 bridgehead atoms. The molecule has 2 heterocycles. The first-order chi connectivity index (χ1) is 10.2.